The Morgan fingerprint density at radius 3 is 2.43 bits per heavy atom. The molecule has 0 saturated carbocycles. The Bertz CT molecular complexity index is 855. The quantitative estimate of drug-likeness (QED) is 0.861. The summed E-state index contributed by atoms with van der Waals surface area (Å²) in [4.78, 5) is 27.4. The zero-order chi connectivity index (χ0) is 20.1. The molecule has 0 unspecified atom stereocenters. The van der Waals surface area contributed by atoms with E-state index in [2.05, 4.69) is 15.5 Å². The van der Waals surface area contributed by atoms with Crippen molar-refractivity contribution >= 4 is 23.6 Å². The lowest BCUT2D eigenvalue weighted by Gasteiger charge is -2.34. The van der Waals surface area contributed by atoms with Crippen LogP contribution in [0.4, 0.5) is 25.2 Å². The van der Waals surface area contributed by atoms with Gasteiger partial charge in [0.15, 0.2) is 23.3 Å². The minimum atomic E-state index is -1.10. The molecule has 0 radical (unpaired) electrons. The largest absolute Gasteiger partial charge is 0.450 e. The molecule has 1 aliphatic rings. The van der Waals surface area contributed by atoms with Gasteiger partial charge in [-0.15, -0.1) is 10.2 Å². The topological polar surface area (TPSA) is 87.7 Å². The fourth-order valence-electron chi connectivity index (χ4n) is 2.72. The van der Waals surface area contributed by atoms with Crippen molar-refractivity contribution in [2.75, 3.05) is 43.0 Å². The molecule has 28 heavy (non-hydrogen) atoms. The summed E-state index contributed by atoms with van der Waals surface area (Å²) in [6.07, 6.45) is -0.330. The molecule has 0 aliphatic carbocycles. The molecule has 148 valence electrons. The van der Waals surface area contributed by atoms with Gasteiger partial charge in [0.2, 0.25) is 0 Å². The van der Waals surface area contributed by atoms with Gasteiger partial charge in [-0.2, -0.15) is 0 Å². The SMILES string of the molecule is CCOC(=O)N1CCN(c2ccc(NC(=O)c3ccc(F)c(F)c3)nn2)CC1. The van der Waals surface area contributed by atoms with Crippen molar-refractivity contribution in [3.05, 3.63) is 47.5 Å². The van der Waals surface area contributed by atoms with Gasteiger partial charge in [0.1, 0.15) is 0 Å². The maximum absolute atomic E-state index is 13.2. The molecule has 0 atom stereocenters. The highest BCUT2D eigenvalue weighted by Crippen LogP contribution is 2.16. The Kier molecular flexibility index (Phi) is 5.97. The number of halogens is 2. The van der Waals surface area contributed by atoms with Crippen molar-refractivity contribution in [3.8, 4) is 0 Å². The molecule has 0 bridgehead atoms. The fraction of sp³-hybridized carbons (Fsp3) is 0.333. The summed E-state index contributed by atoms with van der Waals surface area (Å²) < 4.78 is 31.2. The van der Waals surface area contributed by atoms with Crippen LogP contribution in [0.3, 0.4) is 0 Å². The van der Waals surface area contributed by atoms with Crippen LogP contribution in [0.2, 0.25) is 0 Å². The maximum Gasteiger partial charge on any atom is 0.409 e. The number of piperazine rings is 1. The summed E-state index contributed by atoms with van der Waals surface area (Å²) in [5.74, 6) is -1.96. The zero-order valence-electron chi connectivity index (χ0n) is 15.2. The Morgan fingerprint density at radius 1 is 1.07 bits per heavy atom. The van der Waals surface area contributed by atoms with Gasteiger partial charge in [-0.05, 0) is 37.3 Å². The highest BCUT2D eigenvalue weighted by Gasteiger charge is 2.23. The molecule has 8 nitrogen and oxygen atoms in total. The number of aromatic nitrogens is 2. The van der Waals surface area contributed by atoms with Crippen molar-refractivity contribution in [1.29, 1.82) is 0 Å². The number of carbonyl (C=O) groups is 2. The number of ether oxygens (including phenoxy) is 1. The molecule has 1 aromatic heterocycles. The number of hydrogen-bond acceptors (Lipinski definition) is 6. The fourth-order valence-corrected chi connectivity index (χ4v) is 2.72. The summed E-state index contributed by atoms with van der Waals surface area (Å²) >= 11 is 0. The molecule has 1 N–H and O–H groups in total. The first-order valence-electron chi connectivity index (χ1n) is 8.74. The average Bonchev–Trinajstić information content (AvgIpc) is 2.71. The molecule has 3 rings (SSSR count). The second-order valence-corrected chi connectivity index (χ2v) is 6.03. The van der Waals surface area contributed by atoms with Crippen LogP contribution in [0, 0.1) is 11.6 Å². The van der Waals surface area contributed by atoms with E-state index in [4.69, 9.17) is 4.74 Å². The van der Waals surface area contributed by atoms with Crippen LogP contribution < -0.4 is 10.2 Å². The van der Waals surface area contributed by atoms with Gasteiger partial charge >= 0.3 is 6.09 Å². The van der Waals surface area contributed by atoms with Crippen LogP contribution in [-0.2, 0) is 4.74 Å². The Balaban J connectivity index is 1.57. The van der Waals surface area contributed by atoms with Crippen LogP contribution in [0.5, 0.6) is 0 Å². The molecule has 1 fully saturated rings. The number of hydrogen-bond donors (Lipinski definition) is 1. The third-order valence-corrected chi connectivity index (χ3v) is 4.20. The van der Waals surface area contributed by atoms with Crippen molar-refractivity contribution in [2.24, 2.45) is 0 Å². The van der Waals surface area contributed by atoms with Gasteiger partial charge in [0, 0.05) is 31.7 Å². The first-order chi connectivity index (χ1) is 13.5. The predicted molar refractivity (Wildman–Crippen MR) is 97.2 cm³/mol. The van der Waals surface area contributed by atoms with E-state index >= 15 is 0 Å². The number of benzene rings is 1. The minimum Gasteiger partial charge on any atom is -0.450 e. The van der Waals surface area contributed by atoms with Crippen molar-refractivity contribution in [2.45, 2.75) is 6.92 Å². The van der Waals surface area contributed by atoms with E-state index in [1.807, 2.05) is 4.90 Å². The van der Waals surface area contributed by atoms with Crippen LogP contribution in [0.1, 0.15) is 17.3 Å². The number of anilines is 2. The lowest BCUT2D eigenvalue weighted by Crippen LogP contribution is -2.49. The molecule has 1 saturated heterocycles. The second-order valence-electron chi connectivity index (χ2n) is 6.03. The average molecular weight is 391 g/mol. The molecule has 2 aromatic rings. The normalized spacial score (nSPS) is 14.0. The summed E-state index contributed by atoms with van der Waals surface area (Å²) in [6, 6.07) is 6.13. The van der Waals surface area contributed by atoms with Crippen molar-refractivity contribution in [3.63, 3.8) is 0 Å². The minimum absolute atomic E-state index is 0.0279. The van der Waals surface area contributed by atoms with E-state index in [1.165, 1.54) is 6.07 Å². The summed E-state index contributed by atoms with van der Waals surface area (Å²) in [7, 11) is 0. The highest BCUT2D eigenvalue weighted by molar-refractivity contribution is 6.03. The van der Waals surface area contributed by atoms with E-state index in [1.54, 1.807) is 24.0 Å². The van der Waals surface area contributed by atoms with E-state index < -0.39 is 17.5 Å². The molecular formula is C18H19F2N5O3. The summed E-state index contributed by atoms with van der Waals surface area (Å²) in [6.45, 7) is 4.27. The lowest BCUT2D eigenvalue weighted by atomic mass is 10.2. The first kappa shape index (κ1) is 19.5. The maximum atomic E-state index is 13.2. The predicted octanol–water partition coefficient (Wildman–Crippen LogP) is 2.29. The zero-order valence-corrected chi connectivity index (χ0v) is 15.2. The Labute approximate surface area is 160 Å². The monoisotopic (exact) mass is 391 g/mol. The molecular weight excluding hydrogens is 372 g/mol. The van der Waals surface area contributed by atoms with Gasteiger partial charge in [-0.3, -0.25) is 4.79 Å². The molecule has 0 spiro atoms. The van der Waals surface area contributed by atoms with Crippen LogP contribution >= 0.6 is 0 Å². The number of nitrogens with zero attached hydrogens (tertiary/aromatic N) is 4. The first-order valence-corrected chi connectivity index (χ1v) is 8.74. The van der Waals surface area contributed by atoms with E-state index in [0.717, 1.165) is 12.1 Å². The lowest BCUT2D eigenvalue weighted by molar-refractivity contribution is 0.102. The summed E-state index contributed by atoms with van der Waals surface area (Å²) in [5, 5.41) is 10.5. The van der Waals surface area contributed by atoms with Gasteiger partial charge in [0.25, 0.3) is 5.91 Å². The van der Waals surface area contributed by atoms with Gasteiger partial charge < -0.3 is 19.9 Å². The smallest absolute Gasteiger partial charge is 0.409 e. The van der Waals surface area contributed by atoms with Crippen LogP contribution in [-0.4, -0.2) is 59.9 Å². The Morgan fingerprint density at radius 2 is 1.82 bits per heavy atom. The third kappa shape index (κ3) is 4.51. The standard InChI is InChI=1S/C18H19F2N5O3/c1-2-28-18(27)25-9-7-24(8-10-25)16-6-5-15(22-23-16)21-17(26)12-3-4-13(19)14(20)11-12/h3-6,11H,2,7-10H2,1H3,(H,21,22,26). The van der Waals surface area contributed by atoms with E-state index in [-0.39, 0.29) is 17.5 Å². The van der Waals surface area contributed by atoms with Crippen LogP contribution in [0.25, 0.3) is 0 Å². The molecule has 2 heterocycles. The molecule has 1 aliphatic heterocycles. The van der Waals surface area contributed by atoms with Gasteiger partial charge in [-0.25, -0.2) is 13.6 Å². The van der Waals surface area contributed by atoms with Crippen LogP contribution in [0.15, 0.2) is 30.3 Å². The Hall–Kier alpha value is -3.30. The molecule has 2 amide bonds. The number of rotatable bonds is 4. The second kappa shape index (κ2) is 8.59. The molecule has 10 heteroatoms. The summed E-state index contributed by atoms with van der Waals surface area (Å²) in [5.41, 5.74) is -0.0279. The van der Waals surface area contributed by atoms with E-state index in [9.17, 15) is 18.4 Å². The van der Waals surface area contributed by atoms with E-state index in [0.29, 0.717) is 38.6 Å². The third-order valence-electron chi connectivity index (χ3n) is 4.20. The van der Waals surface area contributed by atoms with Gasteiger partial charge in [0.05, 0.1) is 6.61 Å². The number of amides is 2. The molecule has 1 aromatic carbocycles. The van der Waals surface area contributed by atoms with Gasteiger partial charge in [-0.1, -0.05) is 0 Å². The van der Waals surface area contributed by atoms with Crippen molar-refractivity contribution in [1.82, 2.24) is 15.1 Å². The highest BCUT2D eigenvalue weighted by atomic mass is 19.2. The number of carbonyl (C=O) groups excluding carboxylic acids is 2. The van der Waals surface area contributed by atoms with Crippen molar-refractivity contribution < 1.29 is 23.1 Å². The number of nitrogens with one attached hydrogen (secondary N) is 1.